The number of unbranched alkanes of at least 4 members (excludes halogenated alkanes) is 2. The molecule has 1 atom stereocenters. The summed E-state index contributed by atoms with van der Waals surface area (Å²) in [6.07, 6.45) is 3.39. The second kappa shape index (κ2) is 8.69. The Bertz CT molecular complexity index is 734. The van der Waals surface area contributed by atoms with E-state index in [1.807, 2.05) is 6.07 Å². The summed E-state index contributed by atoms with van der Waals surface area (Å²) in [5.74, 6) is 0.678. The first-order chi connectivity index (χ1) is 12.9. The Kier molecular flexibility index (Phi) is 6.30. The van der Waals surface area contributed by atoms with Crippen molar-refractivity contribution < 1.29 is 17.9 Å². The van der Waals surface area contributed by atoms with E-state index in [4.69, 9.17) is 4.74 Å². The molecule has 0 unspecified atom stereocenters. The maximum atomic E-state index is 12.1. The third kappa shape index (κ3) is 5.92. The minimum absolute atomic E-state index is 0.150. The number of likely N-dealkylation sites (tertiary alicyclic amines) is 1. The summed E-state index contributed by atoms with van der Waals surface area (Å²) >= 11 is 0. The van der Waals surface area contributed by atoms with Gasteiger partial charge in [0.2, 0.25) is 0 Å². The first-order valence-electron chi connectivity index (χ1n) is 9.17. The van der Waals surface area contributed by atoms with Crippen molar-refractivity contribution in [2.45, 2.75) is 50.7 Å². The number of ether oxygens (including phenoxy) is 1. The number of aryl methyl sites for hydroxylation is 1. The Morgan fingerprint density at radius 3 is 2.78 bits per heavy atom. The molecule has 2 aromatic heterocycles. The average Bonchev–Trinajstić information content (AvgIpc) is 3.08. The van der Waals surface area contributed by atoms with Crippen LogP contribution < -0.4 is 4.74 Å². The standard InChI is InChI=1S/C18H24F3N5O/c1-25-8-6-15(25)13-27-17-9-16(10-22-11-17)26-12-14(23-24-26)5-3-2-4-7-18(19,20)21/h9-12,15H,2-8,13H2,1H3/t15-/m0/s1. The molecule has 9 heteroatoms. The van der Waals surface area contributed by atoms with Crippen molar-refractivity contribution in [1.29, 1.82) is 0 Å². The van der Waals surface area contributed by atoms with Crippen LogP contribution >= 0.6 is 0 Å². The lowest BCUT2D eigenvalue weighted by molar-refractivity contribution is -0.135. The van der Waals surface area contributed by atoms with Crippen LogP contribution in [0.25, 0.3) is 5.69 Å². The molecule has 1 aliphatic rings. The minimum atomic E-state index is -4.07. The lowest BCUT2D eigenvalue weighted by Gasteiger charge is -2.37. The zero-order valence-electron chi connectivity index (χ0n) is 15.3. The van der Waals surface area contributed by atoms with Gasteiger partial charge in [-0.3, -0.25) is 9.88 Å². The number of aromatic nitrogens is 4. The van der Waals surface area contributed by atoms with Crippen LogP contribution in [0.4, 0.5) is 13.2 Å². The summed E-state index contributed by atoms with van der Waals surface area (Å²) in [7, 11) is 2.08. The molecule has 148 valence electrons. The van der Waals surface area contributed by atoms with Crippen molar-refractivity contribution in [3.05, 3.63) is 30.4 Å². The van der Waals surface area contributed by atoms with Gasteiger partial charge >= 0.3 is 6.18 Å². The van der Waals surface area contributed by atoms with Crippen LogP contribution in [0, 0.1) is 0 Å². The fraction of sp³-hybridized carbons (Fsp3) is 0.611. The molecule has 0 bridgehead atoms. The number of hydrogen-bond acceptors (Lipinski definition) is 5. The van der Waals surface area contributed by atoms with Crippen LogP contribution in [0.2, 0.25) is 0 Å². The highest BCUT2D eigenvalue weighted by Crippen LogP contribution is 2.23. The fourth-order valence-corrected chi connectivity index (χ4v) is 2.93. The van der Waals surface area contributed by atoms with Crippen LogP contribution in [0.1, 0.15) is 37.8 Å². The molecule has 0 aromatic carbocycles. The average molecular weight is 383 g/mol. The van der Waals surface area contributed by atoms with Crippen molar-refractivity contribution in [1.82, 2.24) is 24.9 Å². The third-order valence-corrected chi connectivity index (χ3v) is 4.78. The van der Waals surface area contributed by atoms with Gasteiger partial charge in [0.1, 0.15) is 12.4 Å². The van der Waals surface area contributed by atoms with Crippen LogP contribution in [0.3, 0.4) is 0 Å². The second-order valence-corrected chi connectivity index (χ2v) is 6.94. The summed E-state index contributed by atoms with van der Waals surface area (Å²) < 4.78 is 43.8. The van der Waals surface area contributed by atoms with E-state index in [1.54, 1.807) is 23.3 Å². The van der Waals surface area contributed by atoms with E-state index in [0.717, 1.165) is 24.3 Å². The van der Waals surface area contributed by atoms with Crippen molar-refractivity contribution in [3.8, 4) is 11.4 Å². The molecule has 0 saturated carbocycles. The van der Waals surface area contributed by atoms with Gasteiger partial charge in [-0.05, 0) is 39.3 Å². The maximum Gasteiger partial charge on any atom is 0.389 e. The topological polar surface area (TPSA) is 56.1 Å². The van der Waals surface area contributed by atoms with Gasteiger partial charge in [0.05, 0.1) is 30.0 Å². The highest BCUT2D eigenvalue weighted by molar-refractivity contribution is 5.34. The molecule has 3 heterocycles. The zero-order chi connectivity index (χ0) is 19.3. The van der Waals surface area contributed by atoms with Crippen LogP contribution in [-0.2, 0) is 6.42 Å². The molecule has 0 radical (unpaired) electrons. The first-order valence-corrected chi connectivity index (χ1v) is 9.17. The summed E-state index contributed by atoms with van der Waals surface area (Å²) in [4.78, 5) is 6.43. The number of hydrogen-bond donors (Lipinski definition) is 0. The van der Waals surface area contributed by atoms with Gasteiger partial charge < -0.3 is 4.74 Å². The normalized spacial score (nSPS) is 17.7. The van der Waals surface area contributed by atoms with Crippen LogP contribution in [0.5, 0.6) is 5.75 Å². The molecule has 0 N–H and O–H groups in total. The van der Waals surface area contributed by atoms with Crippen molar-refractivity contribution in [2.24, 2.45) is 0 Å². The SMILES string of the molecule is CN1CC[C@H]1COc1cncc(-n2cc(CCCCCC(F)(F)F)nn2)c1. The lowest BCUT2D eigenvalue weighted by atomic mass is 10.1. The van der Waals surface area contributed by atoms with E-state index >= 15 is 0 Å². The molecule has 0 spiro atoms. The van der Waals surface area contributed by atoms with Crippen molar-refractivity contribution in [3.63, 3.8) is 0 Å². The Balaban J connectivity index is 1.48. The van der Waals surface area contributed by atoms with Gasteiger partial charge in [-0.2, -0.15) is 13.2 Å². The molecular formula is C18H24F3N5O. The minimum Gasteiger partial charge on any atom is -0.490 e. The quantitative estimate of drug-likeness (QED) is 0.621. The summed E-state index contributed by atoms with van der Waals surface area (Å²) in [5.41, 5.74) is 1.50. The van der Waals surface area contributed by atoms with Gasteiger partial charge in [-0.1, -0.05) is 11.6 Å². The molecule has 0 aliphatic carbocycles. The number of pyridine rings is 1. The van der Waals surface area contributed by atoms with Gasteiger partial charge in [0.15, 0.2) is 0 Å². The van der Waals surface area contributed by atoms with Crippen LogP contribution in [0.15, 0.2) is 24.7 Å². The highest BCUT2D eigenvalue weighted by atomic mass is 19.4. The van der Waals surface area contributed by atoms with E-state index < -0.39 is 12.6 Å². The van der Waals surface area contributed by atoms with Gasteiger partial charge in [0, 0.05) is 18.5 Å². The van der Waals surface area contributed by atoms with E-state index in [2.05, 4.69) is 27.2 Å². The summed E-state index contributed by atoms with van der Waals surface area (Å²) in [5, 5.41) is 8.17. The smallest absolute Gasteiger partial charge is 0.389 e. The summed E-state index contributed by atoms with van der Waals surface area (Å²) in [6, 6.07) is 2.30. The summed E-state index contributed by atoms with van der Waals surface area (Å²) in [6.45, 7) is 1.73. The molecule has 27 heavy (non-hydrogen) atoms. The van der Waals surface area contributed by atoms with Crippen molar-refractivity contribution >= 4 is 0 Å². The molecule has 0 amide bonds. The third-order valence-electron chi connectivity index (χ3n) is 4.78. The van der Waals surface area contributed by atoms with Gasteiger partial charge in [-0.15, -0.1) is 5.10 Å². The molecule has 6 nitrogen and oxygen atoms in total. The predicted octanol–water partition coefficient (Wildman–Crippen LogP) is 3.41. The van der Waals surface area contributed by atoms with Gasteiger partial charge in [0.25, 0.3) is 0 Å². The van der Waals surface area contributed by atoms with E-state index in [9.17, 15) is 13.2 Å². The number of rotatable bonds is 9. The largest absolute Gasteiger partial charge is 0.490 e. The predicted molar refractivity (Wildman–Crippen MR) is 93.9 cm³/mol. The maximum absolute atomic E-state index is 12.1. The molecule has 1 fully saturated rings. The van der Waals surface area contributed by atoms with E-state index in [1.165, 1.54) is 0 Å². The van der Waals surface area contributed by atoms with E-state index in [0.29, 0.717) is 37.7 Å². The Morgan fingerprint density at radius 2 is 2.07 bits per heavy atom. The Hall–Kier alpha value is -2.16. The Labute approximate surface area is 156 Å². The number of halogens is 3. The molecule has 3 rings (SSSR count). The molecular weight excluding hydrogens is 359 g/mol. The number of nitrogens with zero attached hydrogens (tertiary/aromatic N) is 5. The number of alkyl halides is 3. The highest BCUT2D eigenvalue weighted by Gasteiger charge is 2.26. The fourth-order valence-electron chi connectivity index (χ4n) is 2.93. The molecule has 1 saturated heterocycles. The first kappa shape index (κ1) is 19.6. The zero-order valence-corrected chi connectivity index (χ0v) is 15.3. The van der Waals surface area contributed by atoms with Crippen LogP contribution in [-0.4, -0.2) is 57.3 Å². The Morgan fingerprint density at radius 1 is 1.22 bits per heavy atom. The van der Waals surface area contributed by atoms with Gasteiger partial charge in [-0.25, -0.2) is 4.68 Å². The van der Waals surface area contributed by atoms with E-state index in [-0.39, 0.29) is 6.42 Å². The molecule has 2 aromatic rings. The second-order valence-electron chi connectivity index (χ2n) is 6.94. The number of likely N-dealkylation sites (N-methyl/N-ethyl adjacent to an activating group) is 1. The lowest BCUT2D eigenvalue weighted by Crippen LogP contribution is -2.48. The monoisotopic (exact) mass is 383 g/mol. The molecule has 1 aliphatic heterocycles. The van der Waals surface area contributed by atoms with Crippen molar-refractivity contribution in [2.75, 3.05) is 20.2 Å².